The monoisotopic (exact) mass is 426 g/mol. The van der Waals surface area contributed by atoms with Gasteiger partial charge in [-0.05, 0) is 23.2 Å². The topological polar surface area (TPSA) is 134 Å². The van der Waals surface area contributed by atoms with E-state index in [1.165, 1.54) is 31.3 Å². The van der Waals surface area contributed by atoms with Gasteiger partial charge in [-0.25, -0.2) is 4.79 Å². The molecule has 2 aromatic carbocycles. The van der Waals surface area contributed by atoms with E-state index < -0.39 is 24.0 Å². The second kappa shape index (κ2) is 9.84. The first-order valence-corrected chi connectivity index (χ1v) is 9.49. The first-order chi connectivity index (χ1) is 15.0. The van der Waals surface area contributed by atoms with Crippen molar-refractivity contribution >= 4 is 17.6 Å². The van der Waals surface area contributed by atoms with Crippen molar-refractivity contribution in [3.05, 3.63) is 64.0 Å². The third-order valence-corrected chi connectivity index (χ3v) is 4.92. The highest BCUT2D eigenvalue weighted by Crippen LogP contribution is 2.37. The van der Waals surface area contributed by atoms with Crippen LogP contribution in [0.4, 0.5) is 5.69 Å². The zero-order valence-electron chi connectivity index (χ0n) is 17.1. The molecule has 0 radical (unpaired) electrons. The number of benzene rings is 2. The Morgan fingerprint density at radius 2 is 1.97 bits per heavy atom. The number of nitrogens with zero attached hydrogens (tertiary/aromatic N) is 4. The number of azide groups is 1. The molecule has 1 aliphatic rings. The molecule has 1 fully saturated rings. The van der Waals surface area contributed by atoms with Crippen LogP contribution in [0.2, 0.25) is 0 Å². The molecule has 31 heavy (non-hydrogen) atoms. The van der Waals surface area contributed by atoms with Crippen LogP contribution in [0.1, 0.15) is 22.3 Å². The van der Waals surface area contributed by atoms with E-state index in [4.69, 9.17) is 19.7 Å². The highest BCUT2D eigenvalue weighted by Gasteiger charge is 2.40. The minimum absolute atomic E-state index is 0.0152. The van der Waals surface area contributed by atoms with Gasteiger partial charge in [0.25, 0.3) is 5.91 Å². The molecule has 1 N–H and O–H groups in total. The van der Waals surface area contributed by atoms with Gasteiger partial charge in [0, 0.05) is 17.9 Å². The van der Waals surface area contributed by atoms with Crippen LogP contribution >= 0.6 is 0 Å². The molecule has 1 aliphatic heterocycles. The van der Waals surface area contributed by atoms with Gasteiger partial charge in [-0.1, -0.05) is 35.4 Å². The molecule has 0 aromatic heterocycles. The highest BCUT2D eigenvalue weighted by molar-refractivity contribution is 6.02. The quantitative estimate of drug-likeness (QED) is 0.313. The number of aliphatic hydroxyl groups is 1. The number of hydrogen-bond acceptors (Lipinski definition) is 7. The lowest BCUT2D eigenvalue weighted by molar-refractivity contribution is -0.145. The summed E-state index contributed by atoms with van der Waals surface area (Å²) in [5.74, 6) is -0.686. The number of amides is 1. The summed E-state index contributed by atoms with van der Waals surface area (Å²) in [5, 5.41) is 13.6. The van der Waals surface area contributed by atoms with E-state index in [1.54, 1.807) is 0 Å². The average molecular weight is 426 g/mol. The molecule has 1 amide bonds. The van der Waals surface area contributed by atoms with Crippen molar-refractivity contribution in [3.63, 3.8) is 0 Å². The van der Waals surface area contributed by atoms with Crippen LogP contribution in [0.5, 0.6) is 11.5 Å². The number of carbonyl (C=O) groups is 2. The maximum atomic E-state index is 13.2. The Bertz CT molecular complexity index is 1010. The van der Waals surface area contributed by atoms with Gasteiger partial charge >= 0.3 is 5.97 Å². The van der Waals surface area contributed by atoms with Crippen LogP contribution in [0.3, 0.4) is 0 Å². The van der Waals surface area contributed by atoms with Crippen molar-refractivity contribution in [2.45, 2.75) is 25.2 Å². The van der Waals surface area contributed by atoms with Crippen molar-refractivity contribution in [2.24, 2.45) is 5.11 Å². The Labute approximate surface area is 178 Å². The van der Waals surface area contributed by atoms with Gasteiger partial charge in [0.05, 0.1) is 31.6 Å². The Morgan fingerprint density at radius 3 is 2.61 bits per heavy atom. The van der Waals surface area contributed by atoms with E-state index in [0.29, 0.717) is 0 Å². The number of β-amino-alcohol motifs (C(OH)–C–C–N with tert-alkyl or cyclic N) is 1. The number of hydrogen-bond donors (Lipinski definition) is 1. The molecular formula is C21H22N4O6. The standard InChI is InChI=1S/C21H22N4O6/c1-29-18-9-15(20(27)25-11-14(26)8-17(25)21(28)30-2)16(23-24-22)10-19(18)31-12-13-6-4-3-5-7-13/h3-7,9-10,14,17,26H,8,11-12H2,1-2H3/t14-,17+/m1/s1. The smallest absolute Gasteiger partial charge is 0.328 e. The Kier molecular flexibility index (Phi) is 6.96. The normalized spacial score (nSPS) is 17.6. The van der Waals surface area contributed by atoms with Gasteiger partial charge in [-0.15, -0.1) is 0 Å². The molecule has 2 atom stereocenters. The molecule has 0 spiro atoms. The van der Waals surface area contributed by atoms with Gasteiger partial charge in [0.15, 0.2) is 11.5 Å². The van der Waals surface area contributed by atoms with E-state index in [2.05, 4.69) is 10.0 Å². The second-order valence-electron chi connectivity index (χ2n) is 6.87. The van der Waals surface area contributed by atoms with Gasteiger partial charge in [0.2, 0.25) is 0 Å². The molecular weight excluding hydrogens is 404 g/mol. The fourth-order valence-corrected chi connectivity index (χ4v) is 3.41. The van der Waals surface area contributed by atoms with Crippen molar-refractivity contribution in [1.82, 2.24) is 4.90 Å². The summed E-state index contributed by atoms with van der Waals surface area (Å²) in [5.41, 5.74) is 9.94. The van der Waals surface area contributed by atoms with Gasteiger partial charge < -0.3 is 24.2 Å². The number of aliphatic hydroxyl groups excluding tert-OH is 1. The number of methoxy groups -OCH3 is 2. The molecule has 1 heterocycles. The summed E-state index contributed by atoms with van der Waals surface area (Å²) in [6, 6.07) is 11.3. The molecule has 0 aliphatic carbocycles. The lowest BCUT2D eigenvalue weighted by Gasteiger charge is -2.23. The summed E-state index contributed by atoms with van der Waals surface area (Å²) in [6.45, 7) is 0.186. The molecule has 10 heteroatoms. The van der Waals surface area contributed by atoms with Crippen LogP contribution in [-0.4, -0.2) is 54.8 Å². The van der Waals surface area contributed by atoms with E-state index in [-0.39, 0.29) is 42.3 Å². The third kappa shape index (κ3) is 4.88. The molecule has 0 unspecified atom stereocenters. The number of likely N-dealkylation sites (tertiary alicyclic amines) is 1. The maximum absolute atomic E-state index is 13.2. The van der Waals surface area contributed by atoms with E-state index in [0.717, 1.165) is 5.56 Å². The number of ether oxygens (including phenoxy) is 3. The molecule has 162 valence electrons. The highest BCUT2D eigenvalue weighted by atomic mass is 16.5. The van der Waals surface area contributed by atoms with E-state index in [9.17, 15) is 14.7 Å². The molecule has 1 saturated heterocycles. The van der Waals surface area contributed by atoms with Crippen molar-refractivity contribution in [2.75, 3.05) is 20.8 Å². The molecule has 2 aromatic rings. The number of esters is 1. The largest absolute Gasteiger partial charge is 0.493 e. The lowest BCUT2D eigenvalue weighted by Crippen LogP contribution is -2.41. The fraction of sp³-hybridized carbons (Fsp3) is 0.333. The summed E-state index contributed by atoms with van der Waals surface area (Å²) >= 11 is 0. The zero-order valence-corrected chi connectivity index (χ0v) is 17.1. The second-order valence-corrected chi connectivity index (χ2v) is 6.87. The SMILES string of the molecule is COC(=O)[C@@H]1C[C@@H](O)CN1C(=O)c1cc(OC)c(OCc2ccccc2)cc1N=[N+]=[N-]. The molecule has 0 saturated carbocycles. The predicted octanol–water partition coefficient (Wildman–Crippen LogP) is 2.96. The minimum Gasteiger partial charge on any atom is -0.493 e. The van der Waals surface area contributed by atoms with Gasteiger partial charge in [0.1, 0.15) is 12.6 Å². The molecule has 0 bridgehead atoms. The Balaban J connectivity index is 1.95. The van der Waals surface area contributed by atoms with Crippen LogP contribution in [0.15, 0.2) is 47.6 Å². The van der Waals surface area contributed by atoms with Gasteiger partial charge in [-0.3, -0.25) is 4.79 Å². The van der Waals surface area contributed by atoms with Crippen molar-refractivity contribution < 1.29 is 28.9 Å². The lowest BCUT2D eigenvalue weighted by atomic mass is 10.1. The third-order valence-electron chi connectivity index (χ3n) is 4.92. The predicted molar refractivity (Wildman–Crippen MR) is 110 cm³/mol. The first kappa shape index (κ1) is 21.9. The summed E-state index contributed by atoms with van der Waals surface area (Å²) < 4.78 is 15.9. The Morgan fingerprint density at radius 1 is 1.23 bits per heavy atom. The zero-order chi connectivity index (χ0) is 22.4. The van der Waals surface area contributed by atoms with E-state index in [1.807, 2.05) is 30.3 Å². The van der Waals surface area contributed by atoms with Crippen molar-refractivity contribution in [1.29, 1.82) is 0 Å². The fourth-order valence-electron chi connectivity index (χ4n) is 3.41. The maximum Gasteiger partial charge on any atom is 0.328 e. The van der Waals surface area contributed by atoms with Crippen LogP contribution in [-0.2, 0) is 16.1 Å². The van der Waals surface area contributed by atoms with Crippen LogP contribution < -0.4 is 9.47 Å². The van der Waals surface area contributed by atoms with E-state index >= 15 is 0 Å². The number of rotatable bonds is 7. The first-order valence-electron chi connectivity index (χ1n) is 9.49. The molecule has 3 rings (SSSR count). The van der Waals surface area contributed by atoms with Crippen LogP contribution in [0.25, 0.3) is 10.4 Å². The Hall–Kier alpha value is -3.75. The summed E-state index contributed by atoms with van der Waals surface area (Å²) in [6.07, 6.45) is -0.809. The van der Waals surface area contributed by atoms with Crippen LogP contribution in [0, 0.1) is 0 Å². The number of carbonyl (C=O) groups excluding carboxylic acids is 2. The van der Waals surface area contributed by atoms with Gasteiger partial charge in [-0.2, -0.15) is 0 Å². The summed E-state index contributed by atoms with van der Waals surface area (Å²) in [4.78, 5) is 29.3. The average Bonchev–Trinajstić information content (AvgIpc) is 3.19. The molecule has 10 nitrogen and oxygen atoms in total. The summed E-state index contributed by atoms with van der Waals surface area (Å²) in [7, 11) is 2.63. The van der Waals surface area contributed by atoms with Crippen molar-refractivity contribution in [3.8, 4) is 11.5 Å². The minimum atomic E-state index is -0.939.